The molecule has 2 fully saturated rings. The van der Waals surface area contributed by atoms with Gasteiger partial charge in [0.1, 0.15) is 13.1 Å². The molecule has 4 amide bonds. The van der Waals surface area contributed by atoms with E-state index in [0.29, 0.717) is 0 Å². The van der Waals surface area contributed by atoms with Gasteiger partial charge in [-0.05, 0) is 6.92 Å². The number of carbonyl (C=O) groups is 3. The minimum Gasteiger partial charge on any atom is -0.338 e. The highest BCUT2D eigenvalue weighted by molar-refractivity contribution is 7.89. The lowest BCUT2D eigenvalue weighted by atomic mass is 10.3. The lowest BCUT2D eigenvalue weighted by Gasteiger charge is -2.34. The molecule has 0 aliphatic carbocycles. The third kappa shape index (κ3) is 3.22. The monoisotopic (exact) mass is 332 g/mol. The van der Waals surface area contributed by atoms with Crippen molar-refractivity contribution in [2.75, 3.05) is 52.1 Å². The van der Waals surface area contributed by atoms with Gasteiger partial charge in [-0.2, -0.15) is 4.31 Å². The number of likely N-dealkylation sites (N-methyl/N-ethyl adjacent to an activating group) is 1. The Morgan fingerprint density at radius 1 is 1.14 bits per heavy atom. The SMILES string of the molecule is CCS(=O)(=O)N1CCN(C(=O)CN2C(=O)CN(C)C2=O)CC1. The molecule has 2 rings (SSSR count). The van der Waals surface area contributed by atoms with Crippen molar-refractivity contribution in [1.82, 2.24) is 19.0 Å². The maximum Gasteiger partial charge on any atom is 0.327 e. The van der Waals surface area contributed by atoms with Crippen LogP contribution < -0.4 is 0 Å². The predicted molar refractivity (Wildman–Crippen MR) is 77.4 cm³/mol. The summed E-state index contributed by atoms with van der Waals surface area (Å²) in [6, 6.07) is -0.481. The fraction of sp³-hybridized carbons (Fsp3) is 0.750. The van der Waals surface area contributed by atoms with Crippen molar-refractivity contribution in [1.29, 1.82) is 0 Å². The molecule has 124 valence electrons. The molecule has 0 spiro atoms. The van der Waals surface area contributed by atoms with Crippen LogP contribution in [0.2, 0.25) is 0 Å². The van der Waals surface area contributed by atoms with Crippen molar-refractivity contribution >= 4 is 27.9 Å². The number of hydrogen-bond acceptors (Lipinski definition) is 5. The normalized spacial score (nSPS) is 20.9. The summed E-state index contributed by atoms with van der Waals surface area (Å²) in [5, 5.41) is 0. The van der Waals surface area contributed by atoms with Crippen molar-refractivity contribution in [3.8, 4) is 0 Å². The summed E-state index contributed by atoms with van der Waals surface area (Å²) >= 11 is 0. The van der Waals surface area contributed by atoms with Gasteiger partial charge in [0.05, 0.1) is 5.75 Å². The zero-order chi connectivity index (χ0) is 16.5. The fourth-order valence-electron chi connectivity index (χ4n) is 2.46. The second-order valence-corrected chi connectivity index (χ2v) is 7.56. The van der Waals surface area contributed by atoms with Crippen LogP contribution in [0, 0.1) is 0 Å². The van der Waals surface area contributed by atoms with E-state index in [-0.39, 0.29) is 50.9 Å². The topological polar surface area (TPSA) is 98.3 Å². The number of urea groups is 1. The quantitative estimate of drug-likeness (QED) is 0.576. The molecule has 0 bridgehead atoms. The van der Waals surface area contributed by atoms with Gasteiger partial charge in [0.25, 0.3) is 5.91 Å². The number of hydrogen-bond donors (Lipinski definition) is 0. The van der Waals surface area contributed by atoms with Gasteiger partial charge in [-0.3, -0.25) is 14.5 Å². The third-order valence-corrected chi connectivity index (χ3v) is 5.76. The Bertz CT molecular complexity index is 582. The van der Waals surface area contributed by atoms with E-state index in [0.717, 1.165) is 4.90 Å². The average molecular weight is 332 g/mol. The van der Waals surface area contributed by atoms with Crippen LogP contribution in [-0.4, -0.2) is 97.3 Å². The molecule has 2 aliphatic rings. The molecule has 0 aromatic heterocycles. The van der Waals surface area contributed by atoms with E-state index in [1.54, 1.807) is 6.92 Å². The molecular formula is C12H20N4O5S. The summed E-state index contributed by atoms with van der Waals surface area (Å²) < 4.78 is 24.9. The molecule has 0 aromatic rings. The van der Waals surface area contributed by atoms with E-state index in [2.05, 4.69) is 0 Å². The van der Waals surface area contributed by atoms with Crippen LogP contribution in [0.5, 0.6) is 0 Å². The summed E-state index contributed by atoms with van der Waals surface area (Å²) in [6.45, 7) is 2.28. The van der Waals surface area contributed by atoms with Gasteiger partial charge < -0.3 is 9.80 Å². The van der Waals surface area contributed by atoms with Crippen molar-refractivity contribution < 1.29 is 22.8 Å². The first kappa shape index (κ1) is 16.7. The van der Waals surface area contributed by atoms with E-state index in [9.17, 15) is 22.8 Å². The summed E-state index contributed by atoms with van der Waals surface area (Å²) in [7, 11) is -1.75. The molecule has 0 saturated carbocycles. The Labute approximate surface area is 129 Å². The number of sulfonamides is 1. The predicted octanol–water partition coefficient (Wildman–Crippen LogP) is -1.63. The van der Waals surface area contributed by atoms with Crippen LogP contribution in [-0.2, 0) is 19.6 Å². The molecule has 0 N–H and O–H groups in total. The highest BCUT2D eigenvalue weighted by Crippen LogP contribution is 2.11. The van der Waals surface area contributed by atoms with E-state index in [1.807, 2.05) is 0 Å². The van der Waals surface area contributed by atoms with Crippen LogP contribution in [0.15, 0.2) is 0 Å². The molecule has 2 heterocycles. The Hall–Kier alpha value is -1.68. The second kappa shape index (κ2) is 6.21. The average Bonchev–Trinajstić information content (AvgIpc) is 2.73. The van der Waals surface area contributed by atoms with Crippen LogP contribution in [0.25, 0.3) is 0 Å². The van der Waals surface area contributed by atoms with E-state index in [4.69, 9.17) is 0 Å². The minimum absolute atomic E-state index is 0.0192. The molecule has 0 unspecified atom stereocenters. The smallest absolute Gasteiger partial charge is 0.327 e. The third-order valence-electron chi connectivity index (χ3n) is 3.87. The molecule has 10 heteroatoms. The van der Waals surface area contributed by atoms with Crippen LogP contribution >= 0.6 is 0 Å². The highest BCUT2D eigenvalue weighted by atomic mass is 32.2. The van der Waals surface area contributed by atoms with Gasteiger partial charge in [0, 0.05) is 33.2 Å². The van der Waals surface area contributed by atoms with Crippen molar-refractivity contribution in [3.05, 3.63) is 0 Å². The summed E-state index contributed by atoms with van der Waals surface area (Å²) in [5.41, 5.74) is 0. The Morgan fingerprint density at radius 2 is 1.73 bits per heavy atom. The number of imide groups is 1. The van der Waals surface area contributed by atoms with Crippen LogP contribution in [0.1, 0.15) is 6.92 Å². The lowest BCUT2D eigenvalue weighted by molar-refractivity contribution is -0.137. The van der Waals surface area contributed by atoms with Gasteiger partial charge >= 0.3 is 6.03 Å². The zero-order valence-electron chi connectivity index (χ0n) is 12.7. The maximum atomic E-state index is 12.2. The van der Waals surface area contributed by atoms with Gasteiger partial charge in [-0.25, -0.2) is 13.2 Å². The van der Waals surface area contributed by atoms with Crippen LogP contribution in [0.3, 0.4) is 0 Å². The minimum atomic E-state index is -3.25. The summed E-state index contributed by atoms with van der Waals surface area (Å²) in [4.78, 5) is 39.2. The van der Waals surface area contributed by atoms with E-state index in [1.165, 1.54) is 21.2 Å². The van der Waals surface area contributed by atoms with Crippen molar-refractivity contribution in [2.24, 2.45) is 0 Å². The molecule has 9 nitrogen and oxygen atoms in total. The molecule has 2 aliphatic heterocycles. The zero-order valence-corrected chi connectivity index (χ0v) is 13.5. The second-order valence-electron chi connectivity index (χ2n) is 5.30. The highest BCUT2D eigenvalue weighted by Gasteiger charge is 2.36. The Morgan fingerprint density at radius 3 is 2.18 bits per heavy atom. The van der Waals surface area contributed by atoms with E-state index >= 15 is 0 Å². The maximum absolute atomic E-state index is 12.2. The Kier molecular flexibility index (Phi) is 4.71. The van der Waals surface area contributed by atoms with Gasteiger partial charge in [0.15, 0.2) is 0 Å². The molecular weight excluding hydrogens is 312 g/mol. The van der Waals surface area contributed by atoms with E-state index < -0.39 is 22.0 Å². The number of rotatable bonds is 4. The van der Waals surface area contributed by atoms with Gasteiger partial charge in [0.2, 0.25) is 15.9 Å². The summed E-state index contributed by atoms with van der Waals surface area (Å²) in [5.74, 6) is -0.706. The molecule has 2 saturated heterocycles. The van der Waals surface area contributed by atoms with Crippen molar-refractivity contribution in [3.63, 3.8) is 0 Å². The fourth-order valence-corrected chi connectivity index (χ4v) is 3.54. The van der Waals surface area contributed by atoms with Crippen molar-refractivity contribution in [2.45, 2.75) is 6.92 Å². The van der Waals surface area contributed by atoms with Gasteiger partial charge in [-0.1, -0.05) is 0 Å². The number of carbonyl (C=O) groups excluding carboxylic acids is 3. The standard InChI is InChI=1S/C12H20N4O5S/c1-3-22(20,21)15-6-4-14(5-7-15)10(17)9-16-11(18)8-13(2)12(16)19/h3-9H2,1-2H3. The largest absolute Gasteiger partial charge is 0.338 e. The van der Waals surface area contributed by atoms with Crippen LogP contribution in [0.4, 0.5) is 4.79 Å². The first-order valence-corrected chi connectivity index (χ1v) is 8.68. The van der Waals surface area contributed by atoms with Gasteiger partial charge in [-0.15, -0.1) is 0 Å². The number of nitrogens with zero attached hydrogens (tertiary/aromatic N) is 4. The molecule has 0 atom stereocenters. The molecule has 22 heavy (non-hydrogen) atoms. The lowest BCUT2D eigenvalue weighted by Crippen LogP contribution is -2.53. The summed E-state index contributed by atoms with van der Waals surface area (Å²) in [6.07, 6.45) is 0. The number of amides is 4. The first-order chi connectivity index (χ1) is 10.3. The number of piperazine rings is 1. The Balaban J connectivity index is 1.91. The molecule has 0 radical (unpaired) electrons. The first-order valence-electron chi connectivity index (χ1n) is 7.07. The molecule has 0 aromatic carbocycles.